The van der Waals surface area contributed by atoms with Crippen molar-refractivity contribution in [1.82, 2.24) is 10.6 Å². The fourth-order valence-electron chi connectivity index (χ4n) is 1.95. The molecule has 18 heavy (non-hydrogen) atoms. The summed E-state index contributed by atoms with van der Waals surface area (Å²) < 4.78 is 0. The van der Waals surface area contributed by atoms with E-state index in [0.717, 1.165) is 12.8 Å². The molecule has 4 nitrogen and oxygen atoms in total. The van der Waals surface area contributed by atoms with Gasteiger partial charge in [0.2, 0.25) is 11.8 Å². The fourth-order valence-corrected chi connectivity index (χ4v) is 1.95. The molecule has 0 aromatic carbocycles. The summed E-state index contributed by atoms with van der Waals surface area (Å²) in [7, 11) is 1.64. The van der Waals surface area contributed by atoms with E-state index in [1.807, 2.05) is 13.8 Å². The second-order valence-electron chi connectivity index (χ2n) is 5.59. The van der Waals surface area contributed by atoms with E-state index in [1.54, 1.807) is 7.05 Å². The highest BCUT2D eigenvalue weighted by molar-refractivity contribution is 5.78. The average Bonchev–Trinajstić information content (AvgIpc) is 2.27. The van der Waals surface area contributed by atoms with E-state index in [2.05, 4.69) is 24.5 Å². The van der Waals surface area contributed by atoms with Crippen LogP contribution in [0.3, 0.4) is 0 Å². The number of amides is 2. The van der Waals surface area contributed by atoms with E-state index in [1.165, 1.54) is 0 Å². The Morgan fingerprint density at radius 3 is 2.22 bits per heavy atom. The summed E-state index contributed by atoms with van der Waals surface area (Å²) in [6.07, 6.45) is 2.28. The molecule has 0 rings (SSSR count). The maximum atomic E-state index is 11.7. The lowest BCUT2D eigenvalue weighted by atomic mass is 9.98. The number of carbonyl (C=O) groups is 2. The van der Waals surface area contributed by atoms with Crippen molar-refractivity contribution in [2.24, 2.45) is 17.8 Å². The molecule has 0 heterocycles. The van der Waals surface area contributed by atoms with Gasteiger partial charge in [0.05, 0.1) is 0 Å². The summed E-state index contributed by atoms with van der Waals surface area (Å²) >= 11 is 0. The van der Waals surface area contributed by atoms with Crippen molar-refractivity contribution in [3.05, 3.63) is 0 Å². The lowest BCUT2D eigenvalue weighted by molar-refractivity contribution is -0.124. The summed E-state index contributed by atoms with van der Waals surface area (Å²) in [5.74, 6) is 1.08. The predicted octanol–water partition coefficient (Wildman–Crippen LogP) is 1.95. The normalized spacial score (nSPS) is 14.1. The van der Waals surface area contributed by atoms with E-state index in [9.17, 15) is 9.59 Å². The summed E-state index contributed by atoms with van der Waals surface area (Å²) in [4.78, 5) is 22.9. The van der Waals surface area contributed by atoms with Crippen LogP contribution >= 0.6 is 0 Å². The number of hydrogen-bond donors (Lipinski definition) is 2. The molecular weight excluding hydrogens is 228 g/mol. The van der Waals surface area contributed by atoms with E-state index in [4.69, 9.17) is 0 Å². The van der Waals surface area contributed by atoms with E-state index in [0.29, 0.717) is 24.8 Å². The van der Waals surface area contributed by atoms with Crippen LogP contribution in [-0.4, -0.2) is 25.4 Å². The van der Waals surface area contributed by atoms with E-state index < -0.39 is 0 Å². The van der Waals surface area contributed by atoms with Crippen LogP contribution in [0.4, 0.5) is 0 Å². The Kier molecular flexibility index (Phi) is 8.42. The van der Waals surface area contributed by atoms with Gasteiger partial charge in [-0.2, -0.15) is 0 Å². The van der Waals surface area contributed by atoms with Gasteiger partial charge in [-0.15, -0.1) is 0 Å². The van der Waals surface area contributed by atoms with E-state index >= 15 is 0 Å². The molecule has 0 aromatic rings. The number of hydrogen-bond acceptors (Lipinski definition) is 2. The zero-order valence-electron chi connectivity index (χ0n) is 12.4. The Morgan fingerprint density at radius 1 is 1.11 bits per heavy atom. The maximum absolute atomic E-state index is 11.7. The Balaban J connectivity index is 3.76. The molecular formula is C14H28N2O2. The molecule has 0 radical (unpaired) electrons. The van der Waals surface area contributed by atoms with Crippen molar-refractivity contribution < 1.29 is 9.59 Å². The zero-order valence-corrected chi connectivity index (χ0v) is 12.4. The molecule has 0 saturated carbocycles. The molecule has 0 aromatic heterocycles. The third kappa shape index (κ3) is 8.09. The molecule has 0 unspecified atom stereocenters. The molecule has 0 bridgehead atoms. The van der Waals surface area contributed by atoms with Crippen LogP contribution in [0.2, 0.25) is 0 Å². The minimum Gasteiger partial charge on any atom is -0.359 e. The highest BCUT2D eigenvalue weighted by Gasteiger charge is 2.14. The summed E-state index contributed by atoms with van der Waals surface area (Å²) in [5.41, 5.74) is 0. The van der Waals surface area contributed by atoms with Gasteiger partial charge in [0.1, 0.15) is 0 Å². The van der Waals surface area contributed by atoms with Crippen LogP contribution in [0.25, 0.3) is 0 Å². The summed E-state index contributed by atoms with van der Waals surface area (Å²) in [6.45, 7) is 8.88. The number of rotatable bonds is 8. The molecule has 0 spiro atoms. The highest BCUT2D eigenvalue weighted by Crippen LogP contribution is 2.11. The first-order chi connectivity index (χ1) is 8.36. The molecule has 2 N–H and O–H groups in total. The number of nitrogens with one attached hydrogen (secondary N) is 2. The lowest BCUT2D eigenvalue weighted by Gasteiger charge is -2.15. The third-order valence-electron chi connectivity index (χ3n) is 3.02. The first kappa shape index (κ1) is 16.9. The average molecular weight is 256 g/mol. The van der Waals surface area contributed by atoms with Crippen molar-refractivity contribution in [2.75, 3.05) is 13.6 Å². The van der Waals surface area contributed by atoms with Gasteiger partial charge in [0.15, 0.2) is 0 Å². The van der Waals surface area contributed by atoms with Crippen molar-refractivity contribution in [1.29, 1.82) is 0 Å². The second kappa shape index (κ2) is 8.95. The topological polar surface area (TPSA) is 58.2 Å². The van der Waals surface area contributed by atoms with Crippen molar-refractivity contribution in [2.45, 2.75) is 47.0 Å². The van der Waals surface area contributed by atoms with Crippen molar-refractivity contribution in [3.63, 3.8) is 0 Å². The second-order valence-corrected chi connectivity index (χ2v) is 5.59. The molecule has 4 heteroatoms. The fraction of sp³-hybridized carbons (Fsp3) is 0.857. The van der Waals surface area contributed by atoms with Gasteiger partial charge in [-0.05, 0) is 24.7 Å². The quantitative estimate of drug-likeness (QED) is 0.697. The van der Waals surface area contributed by atoms with Crippen LogP contribution in [0.5, 0.6) is 0 Å². The van der Waals surface area contributed by atoms with E-state index in [-0.39, 0.29) is 17.7 Å². The lowest BCUT2D eigenvalue weighted by Crippen LogP contribution is -2.31. The Bertz CT molecular complexity index is 265. The van der Waals surface area contributed by atoms with Gasteiger partial charge >= 0.3 is 0 Å². The van der Waals surface area contributed by atoms with Crippen LogP contribution in [0, 0.1) is 17.8 Å². The van der Waals surface area contributed by atoms with Crippen LogP contribution in [0.15, 0.2) is 0 Å². The highest BCUT2D eigenvalue weighted by atomic mass is 16.2. The first-order valence-electron chi connectivity index (χ1n) is 6.85. The van der Waals surface area contributed by atoms with Crippen LogP contribution in [-0.2, 0) is 9.59 Å². The zero-order chi connectivity index (χ0) is 14.1. The van der Waals surface area contributed by atoms with Gasteiger partial charge in [-0.25, -0.2) is 0 Å². The molecule has 106 valence electrons. The maximum Gasteiger partial charge on any atom is 0.222 e. The molecule has 0 aliphatic rings. The molecule has 0 fully saturated rings. The smallest absolute Gasteiger partial charge is 0.222 e. The monoisotopic (exact) mass is 256 g/mol. The minimum atomic E-state index is 0.0574. The third-order valence-corrected chi connectivity index (χ3v) is 3.02. The van der Waals surface area contributed by atoms with Crippen LogP contribution in [0.1, 0.15) is 47.0 Å². The first-order valence-corrected chi connectivity index (χ1v) is 6.85. The molecule has 0 saturated heterocycles. The molecule has 0 aliphatic heterocycles. The minimum absolute atomic E-state index is 0.0574. The molecule has 0 aliphatic carbocycles. The van der Waals surface area contributed by atoms with Crippen molar-refractivity contribution >= 4 is 11.8 Å². The van der Waals surface area contributed by atoms with Gasteiger partial charge in [0, 0.05) is 25.9 Å². The number of carbonyl (C=O) groups excluding carboxylic acids is 2. The Labute approximate surface area is 111 Å². The largest absolute Gasteiger partial charge is 0.359 e. The summed E-state index contributed by atoms with van der Waals surface area (Å²) in [6, 6.07) is 0. The van der Waals surface area contributed by atoms with Gasteiger partial charge in [-0.3, -0.25) is 9.59 Å². The SMILES string of the molecule is CNC(=O)C[C@@H](C)CCNC(=O)[C@@H](C)CC(C)C. The standard InChI is InChI=1S/C14H28N2O2/c1-10(2)8-12(4)14(18)16-7-6-11(3)9-13(17)15-5/h10-12H,6-9H2,1-5H3,(H,15,17)(H,16,18)/t11-,12-/m0/s1. The molecule has 2 atom stereocenters. The molecule has 2 amide bonds. The Hall–Kier alpha value is -1.06. The van der Waals surface area contributed by atoms with Crippen LogP contribution < -0.4 is 10.6 Å². The van der Waals surface area contributed by atoms with Gasteiger partial charge < -0.3 is 10.6 Å². The van der Waals surface area contributed by atoms with Gasteiger partial charge in [0.25, 0.3) is 0 Å². The predicted molar refractivity (Wildman–Crippen MR) is 74.1 cm³/mol. The Morgan fingerprint density at radius 2 is 1.72 bits per heavy atom. The van der Waals surface area contributed by atoms with Crippen molar-refractivity contribution in [3.8, 4) is 0 Å². The van der Waals surface area contributed by atoms with Gasteiger partial charge in [-0.1, -0.05) is 27.7 Å². The summed E-state index contributed by atoms with van der Waals surface area (Å²) in [5, 5.41) is 5.55.